The molecule has 1 atom stereocenters. The van der Waals surface area contributed by atoms with Crippen LogP contribution in [0.25, 0.3) is 0 Å². The van der Waals surface area contributed by atoms with E-state index in [0.29, 0.717) is 6.54 Å². The minimum Gasteiger partial charge on any atom is -0.395 e. The van der Waals surface area contributed by atoms with Gasteiger partial charge in [0.15, 0.2) is 0 Å². The number of unbranched alkanes of at least 4 members (excludes halogenated alkanes) is 1. The molecule has 1 saturated heterocycles. The van der Waals surface area contributed by atoms with E-state index in [1.807, 2.05) is 0 Å². The van der Waals surface area contributed by atoms with E-state index in [1.54, 1.807) is 0 Å². The Morgan fingerprint density at radius 2 is 2.00 bits per heavy atom. The number of carbonyl (C=O) groups excluding carboxylic acids is 1. The van der Waals surface area contributed by atoms with Crippen LogP contribution in [0.5, 0.6) is 0 Å². The van der Waals surface area contributed by atoms with Gasteiger partial charge in [0.25, 0.3) is 0 Å². The summed E-state index contributed by atoms with van der Waals surface area (Å²) in [5.74, 6) is -1.46. The standard InChI is InChI=1S/C16H23F2N3O2/c17-12-8-13(18)10-14(9-12)20-16(23)19-5-1-2-6-21-7-3-4-15(21)11-22/h8-10,15,22H,1-7,11H2,(H2,19,20,23). The minimum absolute atomic E-state index is 0.0860. The Labute approximate surface area is 134 Å². The molecule has 0 radical (unpaired) electrons. The summed E-state index contributed by atoms with van der Waals surface area (Å²) < 4.78 is 26.0. The van der Waals surface area contributed by atoms with E-state index in [-0.39, 0.29) is 18.3 Å². The van der Waals surface area contributed by atoms with Gasteiger partial charge in [0.1, 0.15) is 11.6 Å². The maximum atomic E-state index is 13.0. The first-order chi connectivity index (χ1) is 11.1. The van der Waals surface area contributed by atoms with Crippen molar-refractivity contribution in [1.82, 2.24) is 10.2 Å². The van der Waals surface area contributed by atoms with Gasteiger partial charge < -0.3 is 15.7 Å². The van der Waals surface area contributed by atoms with Gasteiger partial charge in [0, 0.05) is 24.3 Å². The van der Waals surface area contributed by atoms with Gasteiger partial charge in [-0.15, -0.1) is 0 Å². The maximum Gasteiger partial charge on any atom is 0.319 e. The SMILES string of the molecule is O=C(NCCCCN1CCCC1CO)Nc1cc(F)cc(F)c1. The molecule has 128 valence electrons. The second-order valence-electron chi connectivity index (χ2n) is 5.76. The summed E-state index contributed by atoms with van der Waals surface area (Å²) in [6, 6.07) is 2.66. The van der Waals surface area contributed by atoms with Crippen molar-refractivity contribution in [1.29, 1.82) is 0 Å². The van der Waals surface area contributed by atoms with Gasteiger partial charge in [-0.1, -0.05) is 0 Å². The van der Waals surface area contributed by atoms with E-state index < -0.39 is 17.7 Å². The Balaban J connectivity index is 1.61. The van der Waals surface area contributed by atoms with Crippen LogP contribution in [0.1, 0.15) is 25.7 Å². The second-order valence-corrected chi connectivity index (χ2v) is 5.76. The third-order valence-corrected chi connectivity index (χ3v) is 3.99. The average molecular weight is 327 g/mol. The van der Waals surface area contributed by atoms with Crippen molar-refractivity contribution in [2.45, 2.75) is 31.7 Å². The van der Waals surface area contributed by atoms with Crippen molar-refractivity contribution in [3.8, 4) is 0 Å². The molecule has 5 nitrogen and oxygen atoms in total. The molecule has 2 rings (SSSR count). The van der Waals surface area contributed by atoms with Crippen LogP contribution < -0.4 is 10.6 Å². The molecule has 1 aliphatic heterocycles. The number of aliphatic hydroxyl groups is 1. The zero-order valence-corrected chi connectivity index (χ0v) is 13.0. The summed E-state index contributed by atoms with van der Waals surface area (Å²) in [5, 5.41) is 14.3. The van der Waals surface area contributed by atoms with Crippen molar-refractivity contribution in [3.63, 3.8) is 0 Å². The summed E-state index contributed by atoms with van der Waals surface area (Å²) in [4.78, 5) is 13.9. The number of hydrogen-bond donors (Lipinski definition) is 3. The van der Waals surface area contributed by atoms with Crippen molar-refractivity contribution in [2.24, 2.45) is 0 Å². The van der Waals surface area contributed by atoms with Crippen LogP contribution in [-0.2, 0) is 0 Å². The number of halogens is 2. The van der Waals surface area contributed by atoms with E-state index in [4.69, 9.17) is 0 Å². The van der Waals surface area contributed by atoms with Gasteiger partial charge in [-0.25, -0.2) is 13.6 Å². The molecule has 0 aromatic heterocycles. The number of anilines is 1. The predicted molar refractivity (Wildman–Crippen MR) is 84.3 cm³/mol. The number of hydrogen-bond acceptors (Lipinski definition) is 3. The van der Waals surface area contributed by atoms with E-state index in [9.17, 15) is 18.7 Å². The number of benzene rings is 1. The smallest absolute Gasteiger partial charge is 0.319 e. The predicted octanol–water partition coefficient (Wildman–Crippen LogP) is 2.32. The molecule has 1 unspecified atom stereocenters. The number of aliphatic hydroxyl groups excluding tert-OH is 1. The van der Waals surface area contributed by atoms with Crippen LogP contribution in [-0.4, -0.2) is 48.3 Å². The fourth-order valence-electron chi connectivity index (χ4n) is 2.84. The minimum atomic E-state index is -0.732. The molecule has 0 saturated carbocycles. The summed E-state index contributed by atoms with van der Waals surface area (Å²) in [6.07, 6.45) is 3.89. The number of amides is 2. The molecule has 3 N–H and O–H groups in total. The number of urea groups is 1. The summed E-state index contributed by atoms with van der Waals surface area (Å²) in [5.41, 5.74) is 0.0860. The van der Waals surface area contributed by atoms with Crippen LogP contribution in [0.3, 0.4) is 0 Å². The lowest BCUT2D eigenvalue weighted by molar-refractivity contribution is 0.157. The lowest BCUT2D eigenvalue weighted by Crippen LogP contribution is -2.34. The number of nitrogens with one attached hydrogen (secondary N) is 2. The molecule has 0 bridgehead atoms. The van der Waals surface area contributed by atoms with E-state index in [2.05, 4.69) is 15.5 Å². The summed E-state index contributed by atoms with van der Waals surface area (Å²) >= 11 is 0. The highest BCUT2D eigenvalue weighted by Crippen LogP contribution is 2.17. The van der Waals surface area contributed by atoms with Gasteiger partial charge >= 0.3 is 6.03 Å². The van der Waals surface area contributed by atoms with Gasteiger partial charge in [0.2, 0.25) is 0 Å². The first kappa shape index (κ1) is 17.6. The third-order valence-electron chi connectivity index (χ3n) is 3.99. The van der Waals surface area contributed by atoms with Crippen LogP contribution in [0, 0.1) is 11.6 Å². The highest BCUT2D eigenvalue weighted by atomic mass is 19.1. The quantitative estimate of drug-likeness (QED) is 0.674. The van der Waals surface area contributed by atoms with Crippen molar-refractivity contribution in [2.75, 3.05) is 31.6 Å². The molecule has 0 spiro atoms. The molecule has 23 heavy (non-hydrogen) atoms. The van der Waals surface area contributed by atoms with Crippen molar-refractivity contribution >= 4 is 11.7 Å². The summed E-state index contributed by atoms with van der Waals surface area (Å²) in [7, 11) is 0. The largest absolute Gasteiger partial charge is 0.395 e. The number of likely N-dealkylation sites (tertiary alicyclic amines) is 1. The summed E-state index contributed by atoms with van der Waals surface area (Å²) in [6.45, 7) is 2.61. The zero-order valence-electron chi connectivity index (χ0n) is 13.0. The molecule has 1 fully saturated rings. The Morgan fingerprint density at radius 1 is 1.26 bits per heavy atom. The number of carbonyl (C=O) groups is 1. The maximum absolute atomic E-state index is 13.0. The molecule has 1 aliphatic rings. The Hall–Kier alpha value is -1.73. The molecular formula is C16H23F2N3O2. The molecule has 0 aliphatic carbocycles. The topological polar surface area (TPSA) is 64.6 Å². The second kappa shape index (κ2) is 8.79. The van der Waals surface area contributed by atoms with Gasteiger partial charge in [-0.3, -0.25) is 4.90 Å². The molecule has 1 aromatic rings. The zero-order chi connectivity index (χ0) is 16.7. The van der Waals surface area contributed by atoms with Crippen LogP contribution in [0.2, 0.25) is 0 Å². The Bertz CT molecular complexity index is 508. The molecular weight excluding hydrogens is 304 g/mol. The van der Waals surface area contributed by atoms with E-state index >= 15 is 0 Å². The van der Waals surface area contributed by atoms with Crippen LogP contribution in [0.15, 0.2) is 18.2 Å². The lowest BCUT2D eigenvalue weighted by atomic mass is 10.2. The van der Waals surface area contributed by atoms with E-state index in [1.165, 1.54) is 0 Å². The highest BCUT2D eigenvalue weighted by Gasteiger charge is 2.22. The Kier molecular flexibility index (Phi) is 6.73. The first-order valence-corrected chi connectivity index (χ1v) is 7.94. The first-order valence-electron chi connectivity index (χ1n) is 7.94. The van der Waals surface area contributed by atoms with Gasteiger partial charge in [-0.05, 0) is 50.9 Å². The van der Waals surface area contributed by atoms with Crippen molar-refractivity contribution in [3.05, 3.63) is 29.8 Å². The lowest BCUT2D eigenvalue weighted by Gasteiger charge is -2.22. The van der Waals surface area contributed by atoms with Crippen molar-refractivity contribution < 1.29 is 18.7 Å². The molecule has 7 heteroatoms. The Morgan fingerprint density at radius 3 is 2.70 bits per heavy atom. The molecule has 1 aromatic carbocycles. The van der Waals surface area contributed by atoms with Crippen LogP contribution >= 0.6 is 0 Å². The average Bonchev–Trinajstić information content (AvgIpc) is 2.93. The van der Waals surface area contributed by atoms with Gasteiger partial charge in [0.05, 0.1) is 6.61 Å². The number of nitrogens with zero attached hydrogens (tertiary/aromatic N) is 1. The monoisotopic (exact) mass is 327 g/mol. The third kappa shape index (κ3) is 5.76. The fraction of sp³-hybridized carbons (Fsp3) is 0.562. The highest BCUT2D eigenvalue weighted by molar-refractivity contribution is 5.89. The molecule has 2 amide bonds. The van der Waals surface area contributed by atoms with Gasteiger partial charge in [-0.2, -0.15) is 0 Å². The normalized spacial score (nSPS) is 18.1. The van der Waals surface area contributed by atoms with Crippen LogP contribution in [0.4, 0.5) is 19.3 Å². The number of rotatable bonds is 7. The fourth-order valence-corrected chi connectivity index (χ4v) is 2.84. The van der Waals surface area contributed by atoms with E-state index in [0.717, 1.165) is 57.0 Å². The molecule has 1 heterocycles.